The number of allylic oxidation sites excluding steroid dienone is 1. The molecule has 29 heavy (non-hydrogen) atoms. The molecule has 1 aliphatic heterocycles. The van der Waals surface area contributed by atoms with E-state index in [0.29, 0.717) is 6.54 Å². The smallest absolute Gasteiger partial charge is 0.193 e. The molecule has 0 amide bonds. The first kappa shape index (κ1) is 25.7. The largest absolute Gasteiger partial charge is 0.357 e. The van der Waals surface area contributed by atoms with Gasteiger partial charge in [0.25, 0.3) is 0 Å². The number of pyridine rings is 1. The summed E-state index contributed by atoms with van der Waals surface area (Å²) in [5.74, 6) is 2.05. The van der Waals surface area contributed by atoms with Crippen LogP contribution in [0.3, 0.4) is 0 Å². The molecule has 1 aromatic rings. The van der Waals surface area contributed by atoms with Crippen molar-refractivity contribution in [2.75, 3.05) is 58.3 Å². The third kappa shape index (κ3) is 9.33. The number of hydrogen-bond acceptors (Lipinski definition) is 4. The fourth-order valence-corrected chi connectivity index (χ4v) is 3.32. The zero-order chi connectivity index (χ0) is 20.2. The molecule has 0 saturated carbocycles. The molecule has 1 saturated heterocycles. The van der Waals surface area contributed by atoms with Gasteiger partial charge in [-0.1, -0.05) is 12.5 Å². The summed E-state index contributed by atoms with van der Waals surface area (Å²) in [5, 5.41) is 3.42. The Morgan fingerprint density at radius 2 is 2.03 bits per heavy atom. The topological polar surface area (TPSA) is 47.0 Å². The molecule has 2 rings (SSSR count). The number of hydrogen-bond donors (Lipinski definition) is 1. The molecule has 2 heterocycles. The van der Waals surface area contributed by atoms with Gasteiger partial charge in [0.05, 0.1) is 6.54 Å². The highest BCUT2D eigenvalue weighted by molar-refractivity contribution is 14.0. The number of unbranched alkanes of at least 4 members (excludes halogenated alkanes) is 3. The second-order valence-electron chi connectivity index (χ2n) is 7.54. The van der Waals surface area contributed by atoms with E-state index in [-0.39, 0.29) is 24.0 Å². The Bertz CT molecular complexity index is 613. The van der Waals surface area contributed by atoms with Crippen LogP contribution in [0.5, 0.6) is 0 Å². The van der Waals surface area contributed by atoms with Gasteiger partial charge < -0.3 is 20.0 Å². The molecule has 1 N–H and O–H groups in total. The molecule has 0 aliphatic carbocycles. The minimum absolute atomic E-state index is 0. The van der Waals surface area contributed by atoms with Gasteiger partial charge in [-0.3, -0.25) is 0 Å². The molecule has 164 valence electrons. The van der Waals surface area contributed by atoms with Gasteiger partial charge in [0, 0.05) is 52.5 Å². The molecule has 0 atom stereocenters. The summed E-state index contributed by atoms with van der Waals surface area (Å²) in [6.07, 6.45) is 8.65. The number of rotatable bonds is 10. The summed E-state index contributed by atoms with van der Waals surface area (Å²) in [4.78, 5) is 16.4. The average Bonchev–Trinajstić information content (AvgIpc) is 2.71. The van der Waals surface area contributed by atoms with E-state index in [1.807, 2.05) is 12.3 Å². The highest BCUT2D eigenvalue weighted by atomic mass is 127. The Morgan fingerprint density at radius 1 is 1.28 bits per heavy atom. The highest BCUT2D eigenvalue weighted by Gasteiger charge is 2.15. The Labute approximate surface area is 194 Å². The van der Waals surface area contributed by atoms with Crippen molar-refractivity contribution in [1.82, 2.24) is 20.1 Å². The zero-order valence-corrected chi connectivity index (χ0v) is 20.8. The maximum Gasteiger partial charge on any atom is 0.193 e. The minimum atomic E-state index is 0. The van der Waals surface area contributed by atoms with Crippen LogP contribution in [0, 0.1) is 0 Å². The molecular formula is C22H39IN6. The molecule has 6 nitrogen and oxygen atoms in total. The Hall–Kier alpha value is -1.35. The van der Waals surface area contributed by atoms with Crippen molar-refractivity contribution >= 4 is 35.8 Å². The van der Waals surface area contributed by atoms with Crippen LogP contribution in [0.1, 0.15) is 38.2 Å². The third-order valence-electron chi connectivity index (χ3n) is 5.15. The summed E-state index contributed by atoms with van der Waals surface area (Å²) in [7, 11) is 4.30. The predicted octanol–water partition coefficient (Wildman–Crippen LogP) is 3.60. The normalized spacial score (nSPS) is 15.0. The minimum Gasteiger partial charge on any atom is -0.357 e. The Morgan fingerprint density at radius 3 is 2.72 bits per heavy atom. The first-order chi connectivity index (χ1) is 13.6. The quantitative estimate of drug-likeness (QED) is 0.170. The van der Waals surface area contributed by atoms with E-state index in [9.17, 15) is 0 Å². The number of nitrogens with one attached hydrogen (secondary N) is 1. The first-order valence-electron chi connectivity index (χ1n) is 10.6. The lowest BCUT2D eigenvalue weighted by atomic mass is 10.2. The van der Waals surface area contributed by atoms with E-state index in [2.05, 4.69) is 64.7 Å². The lowest BCUT2D eigenvalue weighted by molar-refractivity contribution is 0.312. The molecule has 1 aromatic heterocycles. The molecule has 1 fully saturated rings. The van der Waals surface area contributed by atoms with Crippen LogP contribution in [0.4, 0.5) is 5.82 Å². The number of nitrogens with zero attached hydrogens (tertiary/aromatic N) is 5. The summed E-state index contributed by atoms with van der Waals surface area (Å²) in [5.41, 5.74) is 1.21. The summed E-state index contributed by atoms with van der Waals surface area (Å²) in [6, 6.07) is 4.26. The van der Waals surface area contributed by atoms with E-state index < -0.39 is 0 Å². The lowest BCUT2D eigenvalue weighted by Gasteiger charge is -2.33. The number of anilines is 1. The molecule has 0 aromatic carbocycles. The summed E-state index contributed by atoms with van der Waals surface area (Å²) < 4.78 is 0. The van der Waals surface area contributed by atoms with Crippen LogP contribution in [0.25, 0.3) is 0 Å². The van der Waals surface area contributed by atoms with E-state index in [1.54, 1.807) is 0 Å². The van der Waals surface area contributed by atoms with E-state index >= 15 is 0 Å². The summed E-state index contributed by atoms with van der Waals surface area (Å²) in [6.45, 7) is 12.7. The van der Waals surface area contributed by atoms with Crippen molar-refractivity contribution in [3.05, 3.63) is 36.5 Å². The summed E-state index contributed by atoms with van der Waals surface area (Å²) >= 11 is 0. The Balaban J connectivity index is 0.00000420. The van der Waals surface area contributed by atoms with Gasteiger partial charge in [-0.2, -0.15) is 0 Å². The van der Waals surface area contributed by atoms with E-state index in [1.165, 1.54) is 24.8 Å². The molecule has 0 radical (unpaired) electrons. The number of halogens is 1. The van der Waals surface area contributed by atoms with Crippen LogP contribution >= 0.6 is 24.0 Å². The monoisotopic (exact) mass is 514 g/mol. The molecule has 0 spiro atoms. The van der Waals surface area contributed by atoms with Crippen LogP contribution in [-0.4, -0.2) is 74.1 Å². The van der Waals surface area contributed by atoms with Crippen LogP contribution < -0.4 is 10.2 Å². The number of likely N-dealkylation sites (N-methyl/N-ethyl adjacent to an activating group) is 1. The molecule has 0 unspecified atom stereocenters. The molecule has 1 aliphatic rings. The third-order valence-corrected chi connectivity index (χ3v) is 5.15. The second-order valence-corrected chi connectivity index (χ2v) is 7.54. The average molecular weight is 515 g/mol. The zero-order valence-electron chi connectivity index (χ0n) is 18.4. The SMILES string of the molecule is C=CCCCCCN(C)C(=NCc1ccnc(N2CCN(C)CC2)c1)NCC.I. The van der Waals surface area contributed by atoms with Gasteiger partial charge in [-0.05, 0) is 50.9 Å². The van der Waals surface area contributed by atoms with Gasteiger partial charge in [0.15, 0.2) is 5.96 Å². The van der Waals surface area contributed by atoms with Gasteiger partial charge in [-0.25, -0.2) is 9.98 Å². The fraction of sp³-hybridized carbons (Fsp3) is 0.636. The van der Waals surface area contributed by atoms with Crippen molar-refractivity contribution in [3.8, 4) is 0 Å². The molecular weight excluding hydrogens is 475 g/mol. The standard InChI is InChI=1S/C22H38N6.HI/c1-5-7-8-9-10-13-27(4)22(23-6-2)25-19-20-11-12-24-21(18-20)28-16-14-26(3)15-17-28;/h5,11-12,18H,1,6-10,13-17,19H2,2-4H3,(H,23,25);1H. The lowest BCUT2D eigenvalue weighted by Crippen LogP contribution is -2.44. The second kappa shape index (κ2) is 14.6. The number of piperazine rings is 1. The van der Waals surface area contributed by atoms with E-state index in [0.717, 1.165) is 57.5 Å². The van der Waals surface area contributed by atoms with Crippen molar-refractivity contribution < 1.29 is 0 Å². The van der Waals surface area contributed by atoms with Crippen LogP contribution in [0.2, 0.25) is 0 Å². The molecule has 7 heteroatoms. The number of aliphatic imine (C=N–C) groups is 1. The molecule has 0 bridgehead atoms. The van der Waals surface area contributed by atoms with Gasteiger partial charge in [0.1, 0.15) is 5.82 Å². The van der Waals surface area contributed by atoms with Crippen molar-refractivity contribution in [2.45, 2.75) is 39.2 Å². The van der Waals surface area contributed by atoms with Crippen molar-refractivity contribution in [1.29, 1.82) is 0 Å². The predicted molar refractivity (Wildman–Crippen MR) is 135 cm³/mol. The van der Waals surface area contributed by atoms with E-state index in [4.69, 9.17) is 4.99 Å². The van der Waals surface area contributed by atoms with Gasteiger partial charge in [-0.15, -0.1) is 30.6 Å². The van der Waals surface area contributed by atoms with Gasteiger partial charge in [0.2, 0.25) is 0 Å². The first-order valence-corrected chi connectivity index (χ1v) is 10.6. The van der Waals surface area contributed by atoms with Crippen LogP contribution in [-0.2, 0) is 6.54 Å². The highest BCUT2D eigenvalue weighted by Crippen LogP contribution is 2.15. The van der Waals surface area contributed by atoms with Crippen LogP contribution in [0.15, 0.2) is 36.0 Å². The van der Waals surface area contributed by atoms with Gasteiger partial charge >= 0.3 is 0 Å². The number of aromatic nitrogens is 1. The fourth-order valence-electron chi connectivity index (χ4n) is 3.32. The maximum atomic E-state index is 4.86. The Kier molecular flexibility index (Phi) is 12.9. The maximum absolute atomic E-state index is 4.86. The van der Waals surface area contributed by atoms with Crippen molar-refractivity contribution in [2.24, 2.45) is 4.99 Å². The van der Waals surface area contributed by atoms with Crippen molar-refractivity contribution in [3.63, 3.8) is 0 Å². The number of guanidine groups is 1.